The highest BCUT2D eigenvalue weighted by Crippen LogP contribution is 2.25. The highest BCUT2D eigenvalue weighted by atomic mass is 19.1. The van der Waals surface area contributed by atoms with Crippen molar-refractivity contribution >= 4 is 5.91 Å². The van der Waals surface area contributed by atoms with Crippen LogP contribution in [0.5, 0.6) is 0 Å². The number of carbonyl (C=O) groups excluding carboxylic acids is 1. The number of halogens is 1. The van der Waals surface area contributed by atoms with Gasteiger partial charge >= 0.3 is 0 Å². The third-order valence-electron chi connectivity index (χ3n) is 5.26. The van der Waals surface area contributed by atoms with Gasteiger partial charge in [0.2, 0.25) is 5.91 Å². The van der Waals surface area contributed by atoms with Gasteiger partial charge in [0.15, 0.2) is 0 Å². The fourth-order valence-electron chi connectivity index (χ4n) is 3.59. The van der Waals surface area contributed by atoms with Crippen LogP contribution in [0.4, 0.5) is 4.39 Å². The second-order valence-corrected chi connectivity index (χ2v) is 7.11. The van der Waals surface area contributed by atoms with Crippen molar-refractivity contribution in [3.8, 4) is 0 Å². The zero-order valence-corrected chi connectivity index (χ0v) is 15.4. The smallest absolute Gasteiger partial charge is 0.227 e. The molecule has 1 aromatic heterocycles. The van der Waals surface area contributed by atoms with Gasteiger partial charge in [-0.3, -0.25) is 14.7 Å². The molecule has 2 atom stereocenters. The third kappa shape index (κ3) is 4.47. The molecule has 1 amide bonds. The lowest BCUT2D eigenvalue weighted by molar-refractivity contribution is -0.138. The maximum atomic E-state index is 13.1. The van der Waals surface area contributed by atoms with Crippen molar-refractivity contribution in [1.29, 1.82) is 0 Å². The standard InChI is InChI=1S/C21H26FN3O/c1-16(18-7-9-20(22)10-8-18)24(2)21(26)19-6-4-12-25(15-19)14-17-5-3-11-23-13-17/h3,5,7-11,13,16,19H,4,6,12,14-15H2,1-2H3/t16-,19+/m1/s1. The van der Waals surface area contributed by atoms with Gasteiger partial charge in [-0.25, -0.2) is 4.39 Å². The molecule has 1 aliphatic heterocycles. The van der Waals surface area contributed by atoms with Crippen LogP contribution in [0.15, 0.2) is 48.8 Å². The Morgan fingerprint density at radius 2 is 2.12 bits per heavy atom. The second-order valence-electron chi connectivity index (χ2n) is 7.11. The largest absolute Gasteiger partial charge is 0.339 e. The predicted molar refractivity (Wildman–Crippen MR) is 99.8 cm³/mol. The lowest BCUT2D eigenvalue weighted by Crippen LogP contribution is -2.44. The average molecular weight is 355 g/mol. The molecule has 0 aliphatic carbocycles. The van der Waals surface area contributed by atoms with Gasteiger partial charge in [-0.15, -0.1) is 0 Å². The Hall–Kier alpha value is -2.27. The van der Waals surface area contributed by atoms with Gasteiger partial charge in [-0.05, 0) is 55.6 Å². The molecule has 1 aromatic carbocycles. The summed E-state index contributed by atoms with van der Waals surface area (Å²) in [6.45, 7) is 4.60. The van der Waals surface area contributed by atoms with Crippen LogP contribution in [0.1, 0.15) is 36.9 Å². The zero-order valence-electron chi connectivity index (χ0n) is 15.4. The molecule has 2 aromatic rings. The van der Waals surface area contributed by atoms with Crippen LogP contribution in [0.2, 0.25) is 0 Å². The molecule has 0 N–H and O–H groups in total. The SMILES string of the molecule is C[C@H](c1ccc(F)cc1)N(C)C(=O)[C@H]1CCCN(Cc2cccnc2)C1. The molecule has 3 rings (SSSR count). The normalized spacial score (nSPS) is 19.1. The van der Waals surface area contributed by atoms with Gasteiger partial charge in [0.25, 0.3) is 0 Å². The van der Waals surface area contributed by atoms with E-state index in [9.17, 15) is 9.18 Å². The minimum Gasteiger partial charge on any atom is -0.339 e. The number of benzene rings is 1. The van der Waals surface area contributed by atoms with Gasteiger partial charge in [0.05, 0.1) is 12.0 Å². The molecule has 0 unspecified atom stereocenters. The van der Waals surface area contributed by atoms with E-state index < -0.39 is 0 Å². The minimum atomic E-state index is -0.256. The fourth-order valence-corrected chi connectivity index (χ4v) is 3.59. The van der Waals surface area contributed by atoms with E-state index in [1.807, 2.05) is 26.2 Å². The molecule has 1 saturated heterocycles. The van der Waals surface area contributed by atoms with E-state index in [-0.39, 0.29) is 23.7 Å². The van der Waals surface area contributed by atoms with Crippen LogP contribution in [-0.2, 0) is 11.3 Å². The second kappa shape index (κ2) is 8.41. The number of carbonyl (C=O) groups is 1. The number of likely N-dealkylation sites (tertiary alicyclic amines) is 1. The molecule has 1 aliphatic rings. The van der Waals surface area contributed by atoms with Crippen LogP contribution in [0, 0.1) is 11.7 Å². The van der Waals surface area contributed by atoms with E-state index >= 15 is 0 Å². The Morgan fingerprint density at radius 3 is 2.81 bits per heavy atom. The van der Waals surface area contributed by atoms with E-state index in [2.05, 4.69) is 16.0 Å². The first kappa shape index (κ1) is 18.5. The predicted octanol–water partition coefficient (Wildman–Crippen LogP) is 3.65. The number of hydrogen-bond donors (Lipinski definition) is 0. The molecule has 26 heavy (non-hydrogen) atoms. The number of amides is 1. The van der Waals surface area contributed by atoms with Crippen molar-refractivity contribution in [3.05, 3.63) is 65.7 Å². The first-order valence-corrected chi connectivity index (χ1v) is 9.18. The number of piperidine rings is 1. The summed E-state index contributed by atoms with van der Waals surface area (Å²) in [7, 11) is 1.84. The number of aromatic nitrogens is 1. The Balaban J connectivity index is 1.61. The minimum absolute atomic E-state index is 0.00770. The lowest BCUT2D eigenvalue weighted by Gasteiger charge is -2.35. The van der Waals surface area contributed by atoms with Crippen LogP contribution in [0.3, 0.4) is 0 Å². The van der Waals surface area contributed by atoms with Crippen molar-refractivity contribution in [1.82, 2.24) is 14.8 Å². The molecule has 0 bridgehead atoms. The van der Waals surface area contributed by atoms with Crippen LogP contribution in [-0.4, -0.2) is 40.8 Å². The van der Waals surface area contributed by atoms with Crippen LogP contribution >= 0.6 is 0 Å². The molecule has 0 radical (unpaired) electrons. The molecule has 4 nitrogen and oxygen atoms in total. The molecular weight excluding hydrogens is 329 g/mol. The first-order valence-electron chi connectivity index (χ1n) is 9.18. The highest BCUT2D eigenvalue weighted by Gasteiger charge is 2.30. The lowest BCUT2D eigenvalue weighted by atomic mass is 9.95. The number of hydrogen-bond acceptors (Lipinski definition) is 3. The molecule has 1 fully saturated rings. The summed E-state index contributed by atoms with van der Waals surface area (Å²) >= 11 is 0. The monoisotopic (exact) mass is 355 g/mol. The zero-order chi connectivity index (χ0) is 18.5. The van der Waals surface area contributed by atoms with Gasteiger partial charge in [0, 0.05) is 32.5 Å². The molecule has 0 spiro atoms. The van der Waals surface area contributed by atoms with E-state index in [1.165, 1.54) is 17.7 Å². The van der Waals surface area contributed by atoms with Gasteiger partial charge < -0.3 is 4.90 Å². The van der Waals surface area contributed by atoms with Crippen LogP contribution in [0.25, 0.3) is 0 Å². The Morgan fingerprint density at radius 1 is 1.35 bits per heavy atom. The Bertz CT molecular complexity index is 720. The molecule has 138 valence electrons. The van der Waals surface area contributed by atoms with Gasteiger partial charge in [-0.2, -0.15) is 0 Å². The topological polar surface area (TPSA) is 36.4 Å². The Kier molecular flexibility index (Phi) is 5.99. The first-order chi connectivity index (χ1) is 12.5. The average Bonchev–Trinajstić information content (AvgIpc) is 2.68. The van der Waals surface area contributed by atoms with E-state index in [4.69, 9.17) is 0 Å². The van der Waals surface area contributed by atoms with Gasteiger partial charge in [0.1, 0.15) is 5.82 Å². The van der Waals surface area contributed by atoms with Gasteiger partial charge in [-0.1, -0.05) is 18.2 Å². The van der Waals surface area contributed by atoms with Crippen molar-refractivity contribution in [2.45, 2.75) is 32.4 Å². The number of rotatable bonds is 5. The third-order valence-corrected chi connectivity index (χ3v) is 5.26. The summed E-state index contributed by atoms with van der Waals surface area (Å²) in [6, 6.07) is 10.3. The van der Waals surface area contributed by atoms with Crippen molar-refractivity contribution in [3.63, 3.8) is 0 Å². The van der Waals surface area contributed by atoms with E-state index in [0.29, 0.717) is 0 Å². The Labute approximate surface area is 154 Å². The van der Waals surface area contributed by atoms with E-state index in [0.717, 1.165) is 38.0 Å². The summed E-state index contributed by atoms with van der Waals surface area (Å²) in [4.78, 5) is 21.3. The molecule has 5 heteroatoms. The quantitative estimate of drug-likeness (QED) is 0.821. The fraction of sp³-hybridized carbons (Fsp3) is 0.429. The molecular formula is C21H26FN3O. The summed E-state index contributed by atoms with van der Waals surface area (Å²) in [5.41, 5.74) is 2.12. The summed E-state index contributed by atoms with van der Waals surface area (Å²) in [5.74, 6) is -0.0840. The number of nitrogens with zero attached hydrogens (tertiary/aromatic N) is 3. The van der Waals surface area contributed by atoms with Crippen molar-refractivity contribution in [2.75, 3.05) is 20.1 Å². The summed E-state index contributed by atoms with van der Waals surface area (Å²) < 4.78 is 13.1. The van der Waals surface area contributed by atoms with Crippen molar-refractivity contribution < 1.29 is 9.18 Å². The maximum absolute atomic E-state index is 13.1. The summed E-state index contributed by atoms with van der Waals surface area (Å²) in [6.07, 6.45) is 5.60. The molecule has 2 heterocycles. The molecule has 0 saturated carbocycles. The maximum Gasteiger partial charge on any atom is 0.227 e. The summed E-state index contributed by atoms with van der Waals surface area (Å²) in [5, 5.41) is 0. The highest BCUT2D eigenvalue weighted by molar-refractivity contribution is 5.79. The number of pyridine rings is 1. The van der Waals surface area contributed by atoms with Crippen molar-refractivity contribution in [2.24, 2.45) is 5.92 Å². The van der Waals surface area contributed by atoms with Crippen LogP contribution < -0.4 is 0 Å². The van der Waals surface area contributed by atoms with E-state index in [1.54, 1.807) is 23.2 Å².